The molecule has 36 heavy (non-hydrogen) atoms. The molecule has 0 radical (unpaired) electrons. The molecule has 1 aromatic carbocycles. The van der Waals surface area contributed by atoms with Crippen molar-refractivity contribution >= 4 is 46.5 Å². The summed E-state index contributed by atoms with van der Waals surface area (Å²) in [5.41, 5.74) is 1.42. The van der Waals surface area contributed by atoms with Crippen LogP contribution in [0.4, 0.5) is 17.6 Å². The summed E-state index contributed by atoms with van der Waals surface area (Å²) in [6, 6.07) is 10.5. The molecule has 0 amide bonds. The Morgan fingerprint density at radius 2 is 1.58 bits per heavy atom. The molecule has 2 unspecified atom stereocenters. The molecule has 2 N–H and O–H groups in total. The Bertz CT molecular complexity index is 1040. The highest BCUT2D eigenvalue weighted by Gasteiger charge is 2.35. The molecule has 194 valence electrons. The van der Waals surface area contributed by atoms with Crippen LogP contribution in [0.3, 0.4) is 0 Å². The minimum absolute atomic E-state index is 0.0832. The van der Waals surface area contributed by atoms with Crippen molar-refractivity contribution in [3.8, 4) is 0 Å². The summed E-state index contributed by atoms with van der Waals surface area (Å²) in [6.07, 6.45) is 8.48. The molecule has 2 atom stereocenters. The van der Waals surface area contributed by atoms with Crippen LogP contribution in [0, 0.1) is 11.8 Å². The van der Waals surface area contributed by atoms with Gasteiger partial charge in [0.05, 0.1) is 0 Å². The van der Waals surface area contributed by atoms with Crippen LogP contribution in [0.1, 0.15) is 64.4 Å². The monoisotopic (exact) mass is 526 g/mol. The second kappa shape index (κ2) is 11.1. The molecular formula is C28H39ClN6S. The third-order valence-corrected chi connectivity index (χ3v) is 8.65. The number of piperidine rings is 1. The Kier molecular flexibility index (Phi) is 7.87. The highest BCUT2D eigenvalue weighted by atomic mass is 35.5. The normalized spacial score (nSPS) is 23.6. The second-order valence-electron chi connectivity index (χ2n) is 11.3. The van der Waals surface area contributed by atoms with Crippen LogP contribution in [0.25, 0.3) is 0 Å². The van der Waals surface area contributed by atoms with E-state index in [-0.39, 0.29) is 5.41 Å². The molecule has 5 rings (SSSR count). The fraction of sp³-hybridized carbons (Fsp3) is 0.607. The summed E-state index contributed by atoms with van der Waals surface area (Å²) < 4.78 is 0. The molecule has 1 saturated carbocycles. The maximum absolute atomic E-state index is 6.16. The van der Waals surface area contributed by atoms with Gasteiger partial charge in [0.15, 0.2) is 5.11 Å². The van der Waals surface area contributed by atoms with Gasteiger partial charge in [0.2, 0.25) is 5.95 Å². The van der Waals surface area contributed by atoms with Crippen LogP contribution in [0.15, 0.2) is 30.3 Å². The Morgan fingerprint density at radius 1 is 0.972 bits per heavy atom. The van der Waals surface area contributed by atoms with E-state index in [1.165, 1.54) is 37.7 Å². The summed E-state index contributed by atoms with van der Waals surface area (Å²) in [5, 5.41) is 8.20. The molecule has 8 heteroatoms. The molecule has 0 spiro atoms. The second-order valence-corrected chi connectivity index (χ2v) is 12.1. The zero-order chi connectivity index (χ0) is 25.1. The smallest absolute Gasteiger partial charge is 0.232 e. The first-order chi connectivity index (χ1) is 17.4. The Hall–Kier alpha value is -2.12. The average molecular weight is 527 g/mol. The van der Waals surface area contributed by atoms with Gasteiger partial charge < -0.3 is 20.4 Å². The first kappa shape index (κ1) is 25.5. The van der Waals surface area contributed by atoms with Gasteiger partial charge in [0.1, 0.15) is 11.6 Å². The number of halogens is 1. The van der Waals surface area contributed by atoms with Gasteiger partial charge in [-0.05, 0) is 73.9 Å². The van der Waals surface area contributed by atoms with Gasteiger partial charge in [-0.25, -0.2) is 0 Å². The van der Waals surface area contributed by atoms with Crippen molar-refractivity contribution in [1.29, 1.82) is 0 Å². The zero-order valence-corrected chi connectivity index (χ0v) is 23.2. The predicted octanol–water partition coefficient (Wildman–Crippen LogP) is 6.01. The van der Waals surface area contributed by atoms with Crippen molar-refractivity contribution in [2.45, 2.75) is 64.2 Å². The SMILES string of the molecule is CC1CC(C)CN(c2cc(N3CCCC3)nc(NC(=S)NCC3(c4ccc(Cl)cc4)CCCC3)n2)C1. The highest BCUT2D eigenvalue weighted by Crippen LogP contribution is 2.41. The number of hydrogen-bond acceptors (Lipinski definition) is 5. The molecular weight excluding hydrogens is 488 g/mol. The number of anilines is 3. The van der Waals surface area contributed by atoms with Crippen molar-refractivity contribution in [2.75, 3.05) is 47.8 Å². The Labute approximate surface area is 226 Å². The topological polar surface area (TPSA) is 56.3 Å². The summed E-state index contributed by atoms with van der Waals surface area (Å²) >= 11 is 11.9. The van der Waals surface area contributed by atoms with E-state index in [1.54, 1.807) is 0 Å². The number of nitrogens with one attached hydrogen (secondary N) is 2. The van der Waals surface area contributed by atoms with Gasteiger partial charge in [-0.3, -0.25) is 0 Å². The van der Waals surface area contributed by atoms with Crippen molar-refractivity contribution < 1.29 is 0 Å². The molecule has 1 aromatic heterocycles. The molecule has 3 fully saturated rings. The van der Waals surface area contributed by atoms with E-state index in [0.717, 1.165) is 62.2 Å². The lowest BCUT2D eigenvalue weighted by molar-refractivity contribution is 0.355. The number of rotatable bonds is 6. The summed E-state index contributed by atoms with van der Waals surface area (Å²) in [6.45, 7) is 9.63. The van der Waals surface area contributed by atoms with E-state index in [1.807, 2.05) is 12.1 Å². The first-order valence-electron chi connectivity index (χ1n) is 13.6. The number of thiocarbonyl (C=S) groups is 1. The van der Waals surface area contributed by atoms with Gasteiger partial charge >= 0.3 is 0 Å². The molecule has 2 aromatic rings. The molecule has 0 bridgehead atoms. The van der Waals surface area contributed by atoms with Crippen LogP contribution in [0.5, 0.6) is 0 Å². The molecule has 1 aliphatic carbocycles. The number of hydrogen-bond donors (Lipinski definition) is 2. The largest absolute Gasteiger partial charge is 0.361 e. The summed E-state index contributed by atoms with van der Waals surface area (Å²) in [4.78, 5) is 14.6. The van der Waals surface area contributed by atoms with Gasteiger partial charge in [0, 0.05) is 49.2 Å². The molecule has 6 nitrogen and oxygen atoms in total. The third kappa shape index (κ3) is 5.88. The molecule has 3 heterocycles. The number of aromatic nitrogens is 2. The predicted molar refractivity (Wildman–Crippen MR) is 154 cm³/mol. The Morgan fingerprint density at radius 3 is 2.22 bits per heavy atom. The quantitative estimate of drug-likeness (QED) is 0.447. The standard InChI is InChI=1S/C28H39ClN6S/c1-20-15-21(2)18-35(17-20)25-16-24(34-13-5-6-14-34)31-26(32-25)33-27(36)30-19-28(11-3-4-12-28)22-7-9-23(29)10-8-22/h7-10,16,20-21H,3-6,11-15,17-19H2,1-2H3,(H2,30,31,32,33,36). The first-order valence-corrected chi connectivity index (χ1v) is 14.4. The average Bonchev–Trinajstić information content (AvgIpc) is 3.56. The van der Waals surface area contributed by atoms with Crippen molar-refractivity contribution in [1.82, 2.24) is 15.3 Å². The van der Waals surface area contributed by atoms with Crippen LogP contribution in [-0.2, 0) is 5.41 Å². The highest BCUT2D eigenvalue weighted by molar-refractivity contribution is 7.80. The van der Waals surface area contributed by atoms with E-state index >= 15 is 0 Å². The molecule has 3 aliphatic rings. The summed E-state index contributed by atoms with van der Waals surface area (Å²) in [5.74, 6) is 3.91. The van der Waals surface area contributed by atoms with Gasteiger partial charge in [-0.15, -0.1) is 0 Å². The van der Waals surface area contributed by atoms with Crippen LogP contribution in [-0.4, -0.2) is 47.8 Å². The van der Waals surface area contributed by atoms with Crippen LogP contribution < -0.4 is 20.4 Å². The zero-order valence-electron chi connectivity index (χ0n) is 21.6. The fourth-order valence-corrected chi connectivity index (χ4v) is 6.71. The van der Waals surface area contributed by atoms with E-state index in [0.29, 0.717) is 22.9 Å². The van der Waals surface area contributed by atoms with Crippen molar-refractivity contribution in [2.24, 2.45) is 11.8 Å². The van der Waals surface area contributed by atoms with Gasteiger partial charge in [-0.2, -0.15) is 9.97 Å². The van der Waals surface area contributed by atoms with E-state index in [2.05, 4.69) is 52.5 Å². The van der Waals surface area contributed by atoms with E-state index in [9.17, 15) is 0 Å². The molecule has 2 saturated heterocycles. The van der Waals surface area contributed by atoms with Crippen LogP contribution >= 0.6 is 23.8 Å². The maximum atomic E-state index is 6.16. The fourth-order valence-electron chi connectivity index (χ4n) is 6.42. The van der Waals surface area contributed by atoms with E-state index in [4.69, 9.17) is 33.8 Å². The van der Waals surface area contributed by atoms with Crippen LogP contribution in [0.2, 0.25) is 5.02 Å². The van der Waals surface area contributed by atoms with Gasteiger partial charge in [-0.1, -0.05) is 50.4 Å². The number of benzene rings is 1. The van der Waals surface area contributed by atoms with Crippen molar-refractivity contribution in [3.63, 3.8) is 0 Å². The minimum Gasteiger partial charge on any atom is -0.361 e. The lowest BCUT2D eigenvalue weighted by atomic mass is 9.79. The minimum atomic E-state index is 0.0832. The van der Waals surface area contributed by atoms with Gasteiger partial charge in [0.25, 0.3) is 0 Å². The van der Waals surface area contributed by atoms with E-state index < -0.39 is 0 Å². The lowest BCUT2D eigenvalue weighted by Gasteiger charge is -2.36. The summed E-state index contributed by atoms with van der Waals surface area (Å²) in [7, 11) is 0. The maximum Gasteiger partial charge on any atom is 0.232 e. The number of nitrogens with zero attached hydrogens (tertiary/aromatic N) is 4. The Balaban J connectivity index is 1.32. The lowest BCUT2D eigenvalue weighted by Crippen LogP contribution is -2.41. The van der Waals surface area contributed by atoms with Crippen molar-refractivity contribution in [3.05, 3.63) is 40.9 Å². The molecule has 2 aliphatic heterocycles. The third-order valence-electron chi connectivity index (χ3n) is 8.15.